The van der Waals surface area contributed by atoms with Crippen molar-refractivity contribution in [2.24, 2.45) is 5.92 Å². The highest BCUT2D eigenvalue weighted by atomic mass is 16.7. The van der Waals surface area contributed by atoms with Gasteiger partial charge in [0.25, 0.3) is 0 Å². The maximum Gasteiger partial charge on any atom is 0.338 e. The second kappa shape index (κ2) is 7.99. The number of rotatable bonds is 5. The lowest BCUT2D eigenvalue weighted by atomic mass is 9.90. The van der Waals surface area contributed by atoms with Crippen molar-refractivity contribution in [1.82, 2.24) is 0 Å². The zero-order valence-corrected chi connectivity index (χ0v) is 17.4. The van der Waals surface area contributed by atoms with Gasteiger partial charge in [0.2, 0.25) is 13.6 Å². The summed E-state index contributed by atoms with van der Waals surface area (Å²) in [7, 11) is 1.30. The molecule has 5 rings (SSSR count). The van der Waals surface area contributed by atoms with Crippen molar-refractivity contribution >= 4 is 17.7 Å². The van der Waals surface area contributed by atoms with E-state index in [0.29, 0.717) is 34.3 Å². The normalized spacial score (nSPS) is 20.2. The molecule has 0 radical (unpaired) electrons. The van der Waals surface area contributed by atoms with Gasteiger partial charge in [-0.05, 0) is 35.9 Å². The molecule has 0 fully saturated rings. The summed E-state index contributed by atoms with van der Waals surface area (Å²) in [6.07, 6.45) is -0.627. The summed E-state index contributed by atoms with van der Waals surface area (Å²) in [5, 5.41) is 0. The molecule has 9 heteroatoms. The van der Waals surface area contributed by atoms with E-state index in [1.54, 1.807) is 30.3 Å². The molecule has 2 unspecified atom stereocenters. The Morgan fingerprint density at radius 3 is 2.28 bits per heavy atom. The monoisotopic (exact) mass is 440 g/mol. The second-order valence-corrected chi connectivity index (χ2v) is 7.36. The zero-order chi connectivity index (χ0) is 22.2. The molecule has 0 amide bonds. The summed E-state index contributed by atoms with van der Waals surface area (Å²) in [6.45, 7) is 1.51. The number of benzene rings is 2. The minimum Gasteiger partial charge on any atom is -0.484 e. The summed E-state index contributed by atoms with van der Waals surface area (Å²) in [4.78, 5) is 24.4. The fraction of sp³-hybridized carbons (Fsp3) is 0.304. The predicted molar refractivity (Wildman–Crippen MR) is 108 cm³/mol. The molecule has 9 nitrogen and oxygen atoms in total. The number of fused-ring (bicyclic) bond motifs is 2. The molecule has 0 spiro atoms. The van der Waals surface area contributed by atoms with Gasteiger partial charge in [-0.25, -0.2) is 4.79 Å². The summed E-state index contributed by atoms with van der Waals surface area (Å²) in [5.74, 6) is 1.05. The number of hydrogen-bond acceptors (Lipinski definition) is 9. The average Bonchev–Trinajstić information content (AvgIpc) is 3.53. The molecule has 3 aliphatic heterocycles. The van der Waals surface area contributed by atoms with Crippen LogP contribution in [0, 0.1) is 5.92 Å². The number of esters is 2. The van der Waals surface area contributed by atoms with Crippen LogP contribution in [0.5, 0.6) is 23.0 Å². The van der Waals surface area contributed by atoms with Gasteiger partial charge in [-0.1, -0.05) is 6.07 Å². The molecular weight excluding hydrogens is 420 g/mol. The highest BCUT2D eigenvalue weighted by Gasteiger charge is 2.43. The fourth-order valence-electron chi connectivity index (χ4n) is 3.98. The van der Waals surface area contributed by atoms with E-state index in [0.717, 1.165) is 5.56 Å². The summed E-state index contributed by atoms with van der Waals surface area (Å²) in [5.41, 5.74) is 1.63. The van der Waals surface area contributed by atoms with Crippen LogP contribution in [-0.2, 0) is 23.8 Å². The lowest BCUT2D eigenvalue weighted by Crippen LogP contribution is -2.23. The van der Waals surface area contributed by atoms with Gasteiger partial charge in [-0.3, -0.25) is 4.79 Å². The molecule has 166 valence electrons. The number of methoxy groups -OCH3 is 1. The minimum atomic E-state index is -0.627. The molecule has 32 heavy (non-hydrogen) atoms. The lowest BCUT2D eigenvalue weighted by Gasteiger charge is -2.21. The van der Waals surface area contributed by atoms with Crippen molar-refractivity contribution in [1.29, 1.82) is 0 Å². The van der Waals surface area contributed by atoms with Crippen molar-refractivity contribution in [3.63, 3.8) is 0 Å². The Morgan fingerprint density at radius 2 is 1.59 bits per heavy atom. The summed E-state index contributed by atoms with van der Waals surface area (Å²) in [6, 6.07) is 10.7. The molecule has 0 aromatic heterocycles. The van der Waals surface area contributed by atoms with E-state index < -0.39 is 24.0 Å². The first-order chi connectivity index (χ1) is 15.5. The van der Waals surface area contributed by atoms with Gasteiger partial charge in [0, 0.05) is 12.5 Å². The quantitative estimate of drug-likeness (QED) is 0.650. The highest BCUT2D eigenvalue weighted by molar-refractivity contribution is 5.98. The summed E-state index contributed by atoms with van der Waals surface area (Å²) >= 11 is 0. The van der Waals surface area contributed by atoms with E-state index in [-0.39, 0.29) is 25.8 Å². The molecule has 3 heterocycles. The third-order valence-electron chi connectivity index (χ3n) is 5.46. The van der Waals surface area contributed by atoms with Crippen molar-refractivity contribution in [2.45, 2.75) is 13.0 Å². The average molecular weight is 440 g/mol. The van der Waals surface area contributed by atoms with Gasteiger partial charge in [0.15, 0.2) is 23.0 Å². The third kappa shape index (κ3) is 3.45. The minimum absolute atomic E-state index is 0.0626. The smallest absolute Gasteiger partial charge is 0.338 e. The molecule has 0 saturated heterocycles. The van der Waals surface area contributed by atoms with E-state index in [9.17, 15) is 9.59 Å². The molecule has 2 aromatic carbocycles. The predicted octanol–water partition coefficient (Wildman–Crippen LogP) is 2.98. The lowest BCUT2D eigenvalue weighted by molar-refractivity contribution is -0.144. The Morgan fingerprint density at radius 1 is 0.938 bits per heavy atom. The van der Waals surface area contributed by atoms with Gasteiger partial charge in [-0.15, -0.1) is 0 Å². The molecule has 0 bridgehead atoms. The largest absolute Gasteiger partial charge is 0.484 e. The molecule has 0 N–H and O–H groups in total. The van der Waals surface area contributed by atoms with Crippen LogP contribution in [0.4, 0.5) is 0 Å². The van der Waals surface area contributed by atoms with E-state index in [2.05, 4.69) is 0 Å². The van der Waals surface area contributed by atoms with Crippen LogP contribution in [0.15, 0.2) is 42.0 Å². The Bertz CT molecular complexity index is 1120. The molecule has 3 aliphatic rings. The second-order valence-electron chi connectivity index (χ2n) is 7.36. The molecule has 0 aliphatic carbocycles. The standard InChI is InChI=1S/C23H20O9/c1-12(24)27-9-15-20(23(25)26-2)22(14-4-6-17-19(8-14)31-11-29-17)32-21(15)13-3-5-16-18(7-13)30-10-28-16/h3-8,15,21H,9-11H2,1-2H3. The SMILES string of the molecule is COC(=O)C1=C(c2ccc3c(c2)OCO3)OC(c2ccc3c(c2)OCO3)C1COC(C)=O. The van der Waals surface area contributed by atoms with Gasteiger partial charge >= 0.3 is 11.9 Å². The zero-order valence-electron chi connectivity index (χ0n) is 17.4. The van der Waals surface area contributed by atoms with Crippen molar-refractivity contribution in [3.05, 3.63) is 53.1 Å². The van der Waals surface area contributed by atoms with Crippen LogP contribution in [-0.4, -0.2) is 39.2 Å². The van der Waals surface area contributed by atoms with E-state index in [4.69, 9.17) is 33.2 Å². The first-order valence-electron chi connectivity index (χ1n) is 9.97. The third-order valence-corrected chi connectivity index (χ3v) is 5.46. The van der Waals surface area contributed by atoms with Crippen LogP contribution in [0.3, 0.4) is 0 Å². The number of ether oxygens (including phenoxy) is 7. The van der Waals surface area contributed by atoms with E-state index >= 15 is 0 Å². The van der Waals surface area contributed by atoms with Crippen LogP contribution in [0.2, 0.25) is 0 Å². The Kier molecular flexibility index (Phi) is 5.01. The molecular formula is C23H20O9. The fourth-order valence-corrected chi connectivity index (χ4v) is 3.98. The Labute approximate surface area is 183 Å². The van der Waals surface area contributed by atoms with Gasteiger partial charge in [0.1, 0.15) is 18.5 Å². The first-order valence-corrected chi connectivity index (χ1v) is 9.97. The van der Waals surface area contributed by atoms with Crippen LogP contribution in [0.25, 0.3) is 5.76 Å². The maximum atomic E-state index is 12.8. The molecule has 2 atom stereocenters. The Balaban J connectivity index is 1.58. The first kappa shape index (κ1) is 20.0. The molecule has 2 aromatic rings. The van der Waals surface area contributed by atoms with Crippen LogP contribution < -0.4 is 18.9 Å². The number of hydrogen-bond donors (Lipinski definition) is 0. The van der Waals surface area contributed by atoms with Gasteiger partial charge < -0.3 is 33.2 Å². The van der Waals surface area contributed by atoms with Gasteiger partial charge in [0.05, 0.1) is 18.6 Å². The molecule has 0 saturated carbocycles. The van der Waals surface area contributed by atoms with Crippen LogP contribution >= 0.6 is 0 Å². The highest BCUT2D eigenvalue weighted by Crippen LogP contribution is 2.48. The van der Waals surface area contributed by atoms with Gasteiger partial charge in [-0.2, -0.15) is 0 Å². The number of carbonyl (C=O) groups is 2. The van der Waals surface area contributed by atoms with Crippen LogP contribution in [0.1, 0.15) is 24.2 Å². The van der Waals surface area contributed by atoms with Crippen molar-refractivity contribution in [2.75, 3.05) is 27.3 Å². The van der Waals surface area contributed by atoms with E-state index in [1.807, 2.05) is 6.07 Å². The number of carbonyl (C=O) groups excluding carboxylic acids is 2. The van der Waals surface area contributed by atoms with Crippen molar-refractivity contribution < 1.29 is 42.7 Å². The van der Waals surface area contributed by atoms with Crippen molar-refractivity contribution in [3.8, 4) is 23.0 Å². The summed E-state index contributed by atoms with van der Waals surface area (Å²) < 4.78 is 38.4. The maximum absolute atomic E-state index is 12.8. The van der Waals surface area contributed by atoms with E-state index in [1.165, 1.54) is 14.0 Å². The Hall–Kier alpha value is -3.88. The topological polar surface area (TPSA) is 98.8 Å².